The van der Waals surface area contributed by atoms with Gasteiger partial charge in [-0.1, -0.05) is 24.3 Å². The number of carboxylic acid groups (broad SMARTS) is 1. The Labute approximate surface area is 196 Å². The van der Waals surface area contributed by atoms with E-state index in [-0.39, 0.29) is 23.4 Å². The Hall–Kier alpha value is -2.77. The molecule has 0 bridgehead atoms. The van der Waals surface area contributed by atoms with Crippen molar-refractivity contribution < 1.29 is 33.6 Å². The van der Waals surface area contributed by atoms with Crippen molar-refractivity contribution in [3.8, 4) is 5.75 Å². The fraction of sp³-hybridized carbons (Fsp3) is 0.444. The summed E-state index contributed by atoms with van der Waals surface area (Å²) in [4.78, 5) is 11.3. The van der Waals surface area contributed by atoms with Gasteiger partial charge in [0.25, 0.3) is 0 Å². The van der Waals surface area contributed by atoms with Crippen LogP contribution in [0.4, 0.5) is 8.78 Å². The monoisotopic (exact) mass is 470 g/mol. The predicted octanol–water partition coefficient (Wildman–Crippen LogP) is 4.31. The lowest BCUT2D eigenvalue weighted by Crippen LogP contribution is -2.27. The number of carbonyl (C=O) groups is 1. The molecule has 1 heterocycles. The third-order valence-corrected chi connectivity index (χ3v) is 7.92. The third-order valence-electron chi connectivity index (χ3n) is 7.92. The summed E-state index contributed by atoms with van der Waals surface area (Å²) in [7, 11) is 0. The highest BCUT2D eigenvalue weighted by Gasteiger charge is 2.51. The summed E-state index contributed by atoms with van der Waals surface area (Å²) in [5.74, 6) is -3.00. The van der Waals surface area contributed by atoms with E-state index < -0.39 is 41.1 Å². The second-order valence-electron chi connectivity index (χ2n) is 9.90. The molecule has 0 amide bonds. The smallest absolute Gasteiger partial charge is 0.338 e. The normalized spacial score (nSPS) is 28.0. The van der Waals surface area contributed by atoms with Crippen LogP contribution < -0.4 is 4.74 Å². The molecule has 3 N–H and O–H groups in total. The first-order chi connectivity index (χ1) is 16.2. The van der Waals surface area contributed by atoms with Gasteiger partial charge in [-0.25, -0.2) is 13.6 Å². The number of halogens is 2. The molecule has 1 aliphatic heterocycles. The number of benzene rings is 2. The van der Waals surface area contributed by atoms with Gasteiger partial charge in [-0.2, -0.15) is 0 Å². The summed E-state index contributed by atoms with van der Waals surface area (Å²) in [6, 6.07) is 7.48. The molecule has 0 radical (unpaired) electrons. The zero-order valence-corrected chi connectivity index (χ0v) is 18.9. The number of hydrogen-bond acceptors (Lipinski definition) is 4. The molecule has 5 atom stereocenters. The van der Waals surface area contributed by atoms with E-state index in [4.69, 9.17) is 4.74 Å². The third kappa shape index (κ3) is 3.81. The molecule has 0 spiro atoms. The molecule has 2 saturated carbocycles. The molecular weight excluding hydrogens is 442 g/mol. The van der Waals surface area contributed by atoms with Gasteiger partial charge in [0, 0.05) is 23.7 Å². The summed E-state index contributed by atoms with van der Waals surface area (Å²) < 4.78 is 34.6. The molecule has 5 rings (SSSR count). The van der Waals surface area contributed by atoms with Gasteiger partial charge in [-0.05, 0) is 67.5 Å². The Kier molecular flexibility index (Phi) is 5.73. The first-order valence-corrected chi connectivity index (χ1v) is 11.7. The van der Waals surface area contributed by atoms with Gasteiger partial charge < -0.3 is 20.1 Å². The standard InChI is InChI=1S/C27H28F2O5/c1-14-2-5-16(28)12-20(14)27(10-11-27)23(31)9-8-17-18-6-3-15-4-7-19(26(32)33)24(29)25(15)34-22(18)13-21(17)30/h2,4-5,7-9,12,17-18,21-23,30-31H,3,6,10-11,13H2,1H3,(H,32,33)/b9-8+/t17-,18-,21-,22+,23?/m1/s1. The van der Waals surface area contributed by atoms with E-state index in [9.17, 15) is 28.9 Å². The number of aromatic carboxylic acids is 1. The van der Waals surface area contributed by atoms with E-state index in [2.05, 4.69) is 0 Å². The van der Waals surface area contributed by atoms with Crippen molar-refractivity contribution in [3.63, 3.8) is 0 Å². The number of ether oxygens (including phenoxy) is 1. The van der Waals surface area contributed by atoms with Gasteiger partial charge in [0.15, 0.2) is 11.6 Å². The Morgan fingerprint density at radius 2 is 2.00 bits per heavy atom. The Morgan fingerprint density at radius 1 is 1.24 bits per heavy atom. The lowest BCUT2D eigenvalue weighted by Gasteiger charge is -2.24. The molecular formula is C27H28F2O5. The van der Waals surface area contributed by atoms with Crippen LogP contribution in [0.5, 0.6) is 5.75 Å². The Balaban J connectivity index is 1.36. The van der Waals surface area contributed by atoms with Crippen molar-refractivity contribution in [3.05, 3.63) is 76.4 Å². The first kappa shape index (κ1) is 23.0. The molecule has 0 aromatic heterocycles. The van der Waals surface area contributed by atoms with Gasteiger partial charge >= 0.3 is 5.97 Å². The van der Waals surface area contributed by atoms with E-state index in [1.807, 2.05) is 13.0 Å². The van der Waals surface area contributed by atoms with Gasteiger partial charge in [0.05, 0.1) is 17.8 Å². The number of rotatable bonds is 5. The first-order valence-electron chi connectivity index (χ1n) is 11.7. The number of hydrogen-bond donors (Lipinski definition) is 3. The van der Waals surface area contributed by atoms with Crippen molar-refractivity contribution in [2.45, 2.75) is 62.8 Å². The molecule has 34 heavy (non-hydrogen) atoms. The molecule has 2 fully saturated rings. The summed E-state index contributed by atoms with van der Waals surface area (Å²) in [6.45, 7) is 1.91. The van der Waals surface area contributed by atoms with Crippen LogP contribution in [0.1, 0.15) is 52.7 Å². The van der Waals surface area contributed by atoms with Gasteiger partial charge in [0.2, 0.25) is 0 Å². The summed E-state index contributed by atoms with van der Waals surface area (Å²) in [6.07, 6.45) is 4.47. The quantitative estimate of drug-likeness (QED) is 0.567. The minimum Gasteiger partial charge on any atom is -0.487 e. The highest BCUT2D eigenvalue weighted by molar-refractivity contribution is 5.88. The van der Waals surface area contributed by atoms with Gasteiger partial charge in [-0.3, -0.25) is 0 Å². The van der Waals surface area contributed by atoms with Crippen LogP contribution in [0, 0.1) is 30.4 Å². The molecule has 5 nitrogen and oxygen atoms in total. The van der Waals surface area contributed by atoms with Crippen LogP contribution in [-0.4, -0.2) is 39.6 Å². The molecule has 3 aliphatic rings. The van der Waals surface area contributed by atoms with E-state index in [0.29, 0.717) is 24.8 Å². The minimum atomic E-state index is -1.35. The lowest BCUT2D eigenvalue weighted by molar-refractivity contribution is 0.0688. The topological polar surface area (TPSA) is 87.0 Å². The number of carboxylic acids is 1. The Morgan fingerprint density at radius 3 is 2.71 bits per heavy atom. The van der Waals surface area contributed by atoms with Crippen molar-refractivity contribution in [2.75, 3.05) is 0 Å². The molecule has 180 valence electrons. The fourth-order valence-electron chi connectivity index (χ4n) is 5.85. The zero-order valence-electron chi connectivity index (χ0n) is 18.9. The number of aliphatic hydroxyl groups excluding tert-OH is 2. The van der Waals surface area contributed by atoms with Crippen LogP contribution in [0.2, 0.25) is 0 Å². The van der Waals surface area contributed by atoms with Gasteiger partial charge in [0.1, 0.15) is 11.9 Å². The summed E-state index contributed by atoms with van der Waals surface area (Å²) in [5, 5.41) is 31.0. The maximum absolute atomic E-state index is 14.8. The van der Waals surface area contributed by atoms with Crippen LogP contribution in [-0.2, 0) is 11.8 Å². The van der Waals surface area contributed by atoms with Crippen molar-refractivity contribution in [1.29, 1.82) is 0 Å². The van der Waals surface area contributed by atoms with Crippen molar-refractivity contribution >= 4 is 5.97 Å². The SMILES string of the molecule is Cc1ccc(F)cc1C1(C(O)/C=C/[C@@H]2[C@H]3CCc4ccc(C(=O)O)c(F)c4O[C@H]3C[C@H]2O)CC1. The molecule has 2 aromatic carbocycles. The maximum atomic E-state index is 14.8. The second-order valence-corrected chi connectivity index (χ2v) is 9.90. The average molecular weight is 471 g/mol. The average Bonchev–Trinajstić information content (AvgIpc) is 3.57. The Bertz CT molecular complexity index is 1160. The van der Waals surface area contributed by atoms with E-state index in [1.54, 1.807) is 18.2 Å². The number of aryl methyl sites for hydroxylation is 2. The predicted molar refractivity (Wildman–Crippen MR) is 121 cm³/mol. The minimum absolute atomic E-state index is 0.0391. The largest absolute Gasteiger partial charge is 0.487 e. The maximum Gasteiger partial charge on any atom is 0.338 e. The molecule has 0 saturated heterocycles. The van der Waals surface area contributed by atoms with Gasteiger partial charge in [-0.15, -0.1) is 0 Å². The highest BCUT2D eigenvalue weighted by atomic mass is 19.1. The molecule has 7 heteroatoms. The summed E-state index contributed by atoms with van der Waals surface area (Å²) >= 11 is 0. The fourth-order valence-corrected chi connectivity index (χ4v) is 5.85. The van der Waals surface area contributed by atoms with E-state index in [0.717, 1.165) is 24.0 Å². The van der Waals surface area contributed by atoms with E-state index in [1.165, 1.54) is 18.2 Å². The zero-order chi connectivity index (χ0) is 24.2. The van der Waals surface area contributed by atoms with Crippen molar-refractivity contribution in [1.82, 2.24) is 0 Å². The number of aliphatic hydroxyl groups is 2. The number of fused-ring (bicyclic) bond motifs is 2. The van der Waals surface area contributed by atoms with Crippen LogP contribution in [0.15, 0.2) is 42.5 Å². The van der Waals surface area contributed by atoms with Crippen LogP contribution in [0.25, 0.3) is 0 Å². The lowest BCUT2D eigenvalue weighted by atomic mass is 9.84. The molecule has 2 aliphatic carbocycles. The second kappa shape index (κ2) is 8.47. The van der Waals surface area contributed by atoms with Crippen molar-refractivity contribution in [2.24, 2.45) is 11.8 Å². The van der Waals surface area contributed by atoms with E-state index >= 15 is 0 Å². The molecule has 1 unspecified atom stereocenters. The highest BCUT2D eigenvalue weighted by Crippen LogP contribution is 2.53. The van der Waals surface area contributed by atoms with Crippen LogP contribution >= 0.6 is 0 Å². The summed E-state index contributed by atoms with van der Waals surface area (Å²) in [5.41, 5.74) is 1.42. The van der Waals surface area contributed by atoms with Crippen LogP contribution in [0.3, 0.4) is 0 Å². The molecule has 2 aromatic rings.